The van der Waals surface area contributed by atoms with Gasteiger partial charge in [0.15, 0.2) is 0 Å². The van der Waals surface area contributed by atoms with E-state index in [1.807, 2.05) is 4.90 Å². The number of anilines is 1. The van der Waals surface area contributed by atoms with Gasteiger partial charge in [0, 0.05) is 30.8 Å². The van der Waals surface area contributed by atoms with Crippen molar-refractivity contribution in [3.63, 3.8) is 0 Å². The molecule has 2 rings (SSSR count). The number of nitro groups is 1. The number of nitrogens with two attached hydrogens (primary N) is 2. The average molecular weight is 278 g/mol. The predicted molar refractivity (Wildman–Crippen MR) is 75.6 cm³/mol. The molecule has 4 N–H and O–H groups in total. The van der Waals surface area contributed by atoms with E-state index in [0.717, 1.165) is 6.42 Å². The van der Waals surface area contributed by atoms with Crippen LogP contribution in [-0.2, 0) is 0 Å². The Morgan fingerprint density at radius 1 is 1.45 bits per heavy atom. The summed E-state index contributed by atoms with van der Waals surface area (Å²) >= 11 is 0. The van der Waals surface area contributed by atoms with E-state index >= 15 is 0 Å². The first kappa shape index (κ1) is 14.3. The van der Waals surface area contributed by atoms with Gasteiger partial charge in [-0.2, -0.15) is 0 Å². The summed E-state index contributed by atoms with van der Waals surface area (Å²) in [6, 6.07) is 4.30. The van der Waals surface area contributed by atoms with E-state index in [1.54, 1.807) is 6.07 Å². The number of hydrogen-bond donors (Lipinski definition) is 2. The minimum Gasteiger partial charge on any atom is -0.366 e. The number of carbonyl (C=O) groups excluding carboxylic acids is 1. The van der Waals surface area contributed by atoms with Crippen molar-refractivity contribution in [3.8, 4) is 0 Å². The largest absolute Gasteiger partial charge is 0.366 e. The molecule has 1 aliphatic heterocycles. The van der Waals surface area contributed by atoms with Crippen LogP contribution in [0.5, 0.6) is 0 Å². The number of amides is 1. The van der Waals surface area contributed by atoms with Gasteiger partial charge in [-0.1, -0.05) is 6.92 Å². The predicted octanol–water partition coefficient (Wildman–Crippen LogP) is 0.867. The molecule has 0 bridgehead atoms. The van der Waals surface area contributed by atoms with E-state index in [1.165, 1.54) is 12.1 Å². The van der Waals surface area contributed by atoms with Crippen molar-refractivity contribution in [1.29, 1.82) is 0 Å². The monoisotopic (exact) mass is 278 g/mol. The van der Waals surface area contributed by atoms with Gasteiger partial charge in [-0.3, -0.25) is 14.9 Å². The smallest absolute Gasteiger partial charge is 0.293 e. The SMILES string of the molecule is CC1CC(N)CN(c2ccc(C(N)=O)cc2[N+](=O)[O-])C1. The highest BCUT2D eigenvalue weighted by Gasteiger charge is 2.27. The first-order valence-electron chi connectivity index (χ1n) is 6.47. The number of primary amides is 1. The molecule has 0 saturated carbocycles. The first-order chi connectivity index (χ1) is 9.38. The van der Waals surface area contributed by atoms with Gasteiger partial charge in [0.1, 0.15) is 5.69 Å². The van der Waals surface area contributed by atoms with Crippen LogP contribution in [0.3, 0.4) is 0 Å². The normalized spacial score (nSPS) is 22.6. The lowest BCUT2D eigenvalue weighted by Gasteiger charge is -2.36. The molecule has 0 aliphatic carbocycles. The fourth-order valence-electron chi connectivity index (χ4n) is 2.69. The number of hydrogen-bond acceptors (Lipinski definition) is 5. The average Bonchev–Trinajstić information content (AvgIpc) is 2.36. The Morgan fingerprint density at radius 2 is 2.15 bits per heavy atom. The lowest BCUT2D eigenvalue weighted by atomic mass is 9.95. The van der Waals surface area contributed by atoms with E-state index in [4.69, 9.17) is 11.5 Å². The molecular formula is C13H18N4O3. The van der Waals surface area contributed by atoms with Crippen molar-refractivity contribution in [1.82, 2.24) is 0 Å². The quantitative estimate of drug-likeness (QED) is 0.628. The third-order valence-electron chi connectivity index (χ3n) is 3.49. The minimum atomic E-state index is -0.677. The van der Waals surface area contributed by atoms with Gasteiger partial charge in [0.25, 0.3) is 5.69 Å². The molecule has 0 spiro atoms. The topological polar surface area (TPSA) is 115 Å². The molecule has 7 nitrogen and oxygen atoms in total. The van der Waals surface area contributed by atoms with Gasteiger partial charge in [-0.05, 0) is 24.5 Å². The molecule has 1 aromatic carbocycles. The Balaban J connectivity index is 2.40. The molecule has 20 heavy (non-hydrogen) atoms. The Kier molecular flexibility index (Phi) is 3.89. The lowest BCUT2D eigenvalue weighted by Crippen LogP contribution is -2.46. The second-order valence-electron chi connectivity index (χ2n) is 5.33. The van der Waals surface area contributed by atoms with Gasteiger partial charge in [0.05, 0.1) is 4.92 Å². The Labute approximate surface area is 116 Å². The number of carbonyl (C=O) groups is 1. The molecule has 1 aliphatic rings. The fourth-order valence-corrected chi connectivity index (χ4v) is 2.69. The molecule has 2 atom stereocenters. The fraction of sp³-hybridized carbons (Fsp3) is 0.462. The number of rotatable bonds is 3. The van der Waals surface area contributed by atoms with Gasteiger partial charge in [-0.15, -0.1) is 0 Å². The zero-order chi connectivity index (χ0) is 14.9. The van der Waals surface area contributed by atoms with Crippen LogP contribution < -0.4 is 16.4 Å². The summed E-state index contributed by atoms with van der Waals surface area (Å²) in [7, 11) is 0. The van der Waals surface area contributed by atoms with Gasteiger partial charge < -0.3 is 16.4 Å². The highest BCUT2D eigenvalue weighted by molar-refractivity contribution is 5.94. The number of nitrogens with zero attached hydrogens (tertiary/aromatic N) is 2. The molecule has 2 unspecified atom stereocenters. The highest BCUT2D eigenvalue weighted by Crippen LogP contribution is 2.32. The standard InChI is InChI=1S/C13H18N4O3/c1-8-4-10(14)7-16(6-8)11-3-2-9(13(15)18)5-12(11)17(19)20/h2-3,5,8,10H,4,6-7,14H2,1H3,(H2,15,18). The molecule has 1 heterocycles. The van der Waals surface area contributed by atoms with Crippen LogP contribution >= 0.6 is 0 Å². The lowest BCUT2D eigenvalue weighted by molar-refractivity contribution is -0.384. The maximum atomic E-state index is 11.2. The van der Waals surface area contributed by atoms with Gasteiger partial charge in [0.2, 0.25) is 5.91 Å². The molecule has 1 amide bonds. The molecule has 1 aromatic rings. The Morgan fingerprint density at radius 3 is 2.70 bits per heavy atom. The van der Waals surface area contributed by atoms with E-state index in [-0.39, 0.29) is 17.3 Å². The second-order valence-corrected chi connectivity index (χ2v) is 5.33. The summed E-state index contributed by atoms with van der Waals surface area (Å²) < 4.78 is 0. The summed E-state index contributed by atoms with van der Waals surface area (Å²) in [6.45, 7) is 3.35. The Bertz CT molecular complexity index is 536. The molecular weight excluding hydrogens is 260 g/mol. The van der Waals surface area contributed by atoms with Crippen LogP contribution in [0.15, 0.2) is 18.2 Å². The zero-order valence-electron chi connectivity index (χ0n) is 11.3. The minimum absolute atomic E-state index is 0.00540. The number of nitro benzene ring substituents is 1. The van der Waals surface area contributed by atoms with Crippen molar-refractivity contribution in [2.75, 3.05) is 18.0 Å². The highest BCUT2D eigenvalue weighted by atomic mass is 16.6. The van der Waals surface area contributed by atoms with E-state index < -0.39 is 10.8 Å². The first-order valence-corrected chi connectivity index (χ1v) is 6.47. The molecule has 7 heteroatoms. The summed E-state index contributed by atoms with van der Waals surface area (Å²) in [4.78, 5) is 23.7. The van der Waals surface area contributed by atoms with Crippen molar-refractivity contribution in [2.24, 2.45) is 17.4 Å². The summed E-state index contributed by atoms with van der Waals surface area (Å²) in [6.07, 6.45) is 0.906. The van der Waals surface area contributed by atoms with E-state index in [9.17, 15) is 14.9 Å². The molecule has 1 fully saturated rings. The summed E-state index contributed by atoms with van der Waals surface area (Å²) in [5, 5.41) is 11.2. The number of piperidine rings is 1. The van der Waals surface area contributed by atoms with Crippen molar-refractivity contribution in [2.45, 2.75) is 19.4 Å². The van der Waals surface area contributed by atoms with Crippen LogP contribution in [0.2, 0.25) is 0 Å². The maximum absolute atomic E-state index is 11.2. The third kappa shape index (κ3) is 2.88. The Hall–Kier alpha value is -2.15. The van der Waals surface area contributed by atoms with Crippen molar-refractivity contribution in [3.05, 3.63) is 33.9 Å². The summed E-state index contributed by atoms with van der Waals surface area (Å²) in [5.41, 5.74) is 11.6. The van der Waals surface area contributed by atoms with Gasteiger partial charge >= 0.3 is 0 Å². The summed E-state index contributed by atoms with van der Waals surface area (Å²) in [5.74, 6) is -0.308. The van der Waals surface area contributed by atoms with Crippen LogP contribution in [0.25, 0.3) is 0 Å². The van der Waals surface area contributed by atoms with Crippen LogP contribution in [0.4, 0.5) is 11.4 Å². The van der Waals surface area contributed by atoms with E-state index in [2.05, 4.69) is 6.92 Å². The maximum Gasteiger partial charge on any atom is 0.293 e. The van der Waals surface area contributed by atoms with E-state index in [0.29, 0.717) is 24.7 Å². The number of benzene rings is 1. The third-order valence-corrected chi connectivity index (χ3v) is 3.49. The molecule has 0 radical (unpaired) electrons. The molecule has 0 aromatic heterocycles. The van der Waals surface area contributed by atoms with Crippen molar-refractivity contribution >= 4 is 17.3 Å². The van der Waals surface area contributed by atoms with Crippen LogP contribution in [0, 0.1) is 16.0 Å². The van der Waals surface area contributed by atoms with Crippen LogP contribution in [0.1, 0.15) is 23.7 Å². The van der Waals surface area contributed by atoms with Crippen LogP contribution in [-0.4, -0.2) is 30.0 Å². The van der Waals surface area contributed by atoms with Gasteiger partial charge in [-0.25, -0.2) is 0 Å². The second kappa shape index (κ2) is 5.46. The molecule has 1 saturated heterocycles. The van der Waals surface area contributed by atoms with Crippen molar-refractivity contribution < 1.29 is 9.72 Å². The zero-order valence-corrected chi connectivity index (χ0v) is 11.3. The molecule has 108 valence electrons.